The van der Waals surface area contributed by atoms with Crippen LogP contribution in [0.4, 0.5) is 0 Å². The quantitative estimate of drug-likeness (QED) is 0.821. The van der Waals surface area contributed by atoms with Gasteiger partial charge in [0.2, 0.25) is 0 Å². The van der Waals surface area contributed by atoms with Crippen molar-refractivity contribution in [2.45, 2.75) is 19.4 Å². The zero-order valence-corrected chi connectivity index (χ0v) is 10.1. The Bertz CT molecular complexity index is 451. The normalized spacial score (nSPS) is 22.4. The SMILES string of the molecule is Cc1cn2cc(C3CCOCCN3)nc2s1. The number of hydrogen-bond acceptors (Lipinski definition) is 4. The van der Waals surface area contributed by atoms with Gasteiger partial charge in [0, 0.05) is 30.4 Å². The third-order valence-electron chi connectivity index (χ3n) is 2.84. The van der Waals surface area contributed by atoms with Crippen molar-refractivity contribution < 1.29 is 4.74 Å². The van der Waals surface area contributed by atoms with Gasteiger partial charge >= 0.3 is 0 Å². The highest BCUT2D eigenvalue weighted by molar-refractivity contribution is 7.16. The number of imidazole rings is 1. The van der Waals surface area contributed by atoms with Gasteiger partial charge in [-0.25, -0.2) is 4.98 Å². The Hall–Kier alpha value is -0.910. The molecule has 1 unspecified atom stereocenters. The van der Waals surface area contributed by atoms with Crippen molar-refractivity contribution in [3.8, 4) is 0 Å². The minimum Gasteiger partial charge on any atom is -0.380 e. The average molecular weight is 237 g/mol. The fourth-order valence-corrected chi connectivity index (χ4v) is 2.88. The van der Waals surface area contributed by atoms with E-state index in [2.05, 4.69) is 34.0 Å². The summed E-state index contributed by atoms with van der Waals surface area (Å²) in [6.45, 7) is 4.64. The van der Waals surface area contributed by atoms with Crippen LogP contribution in [0.2, 0.25) is 0 Å². The number of aromatic nitrogens is 2. The van der Waals surface area contributed by atoms with Gasteiger partial charge in [0.25, 0.3) is 0 Å². The lowest BCUT2D eigenvalue weighted by atomic mass is 10.1. The van der Waals surface area contributed by atoms with Crippen molar-refractivity contribution in [3.63, 3.8) is 0 Å². The summed E-state index contributed by atoms with van der Waals surface area (Å²) in [4.78, 5) is 7.04. The van der Waals surface area contributed by atoms with Crippen LogP contribution in [-0.4, -0.2) is 29.1 Å². The maximum Gasteiger partial charge on any atom is 0.194 e. The number of nitrogens with zero attached hydrogens (tertiary/aromatic N) is 2. The Morgan fingerprint density at radius 1 is 1.50 bits per heavy atom. The van der Waals surface area contributed by atoms with Gasteiger partial charge in [-0.05, 0) is 13.3 Å². The molecule has 2 aromatic rings. The molecule has 3 heterocycles. The van der Waals surface area contributed by atoms with Gasteiger partial charge in [-0.15, -0.1) is 11.3 Å². The summed E-state index contributed by atoms with van der Waals surface area (Å²) in [5.74, 6) is 0. The van der Waals surface area contributed by atoms with Crippen molar-refractivity contribution in [2.75, 3.05) is 19.8 Å². The molecular weight excluding hydrogens is 222 g/mol. The molecule has 16 heavy (non-hydrogen) atoms. The first-order valence-corrected chi connectivity index (χ1v) is 6.41. The van der Waals surface area contributed by atoms with E-state index in [9.17, 15) is 0 Å². The van der Waals surface area contributed by atoms with Crippen LogP contribution in [0.25, 0.3) is 4.96 Å². The molecule has 0 bridgehead atoms. The second-order valence-electron chi connectivity index (χ2n) is 4.11. The Morgan fingerprint density at radius 3 is 3.31 bits per heavy atom. The van der Waals surface area contributed by atoms with Crippen LogP contribution in [0.15, 0.2) is 12.4 Å². The summed E-state index contributed by atoms with van der Waals surface area (Å²) in [5, 5.41) is 3.47. The molecule has 1 N–H and O–H groups in total. The third-order valence-corrected chi connectivity index (χ3v) is 3.75. The predicted molar refractivity (Wildman–Crippen MR) is 64.0 cm³/mol. The minimum atomic E-state index is 0.343. The average Bonchev–Trinajstić information content (AvgIpc) is 2.65. The van der Waals surface area contributed by atoms with Crippen LogP contribution in [0.3, 0.4) is 0 Å². The Morgan fingerprint density at radius 2 is 2.44 bits per heavy atom. The van der Waals surface area contributed by atoms with Crippen LogP contribution in [0.5, 0.6) is 0 Å². The van der Waals surface area contributed by atoms with E-state index in [1.807, 2.05) is 0 Å². The highest BCUT2D eigenvalue weighted by Gasteiger charge is 2.17. The molecule has 1 aliphatic rings. The fraction of sp³-hybridized carbons (Fsp3) is 0.545. The Kier molecular flexibility index (Phi) is 2.67. The zero-order valence-electron chi connectivity index (χ0n) is 9.27. The van der Waals surface area contributed by atoms with Crippen molar-refractivity contribution in [2.24, 2.45) is 0 Å². The van der Waals surface area contributed by atoms with Crippen LogP contribution in [0, 0.1) is 6.92 Å². The molecule has 0 aliphatic carbocycles. The first kappa shape index (κ1) is 10.3. The van der Waals surface area contributed by atoms with Crippen molar-refractivity contribution in [3.05, 3.63) is 23.0 Å². The standard InChI is InChI=1S/C11H15N3OS/c1-8-6-14-7-10(13-11(14)16-8)9-2-4-15-5-3-12-9/h6-7,9,12H,2-5H2,1H3. The second kappa shape index (κ2) is 4.16. The van der Waals surface area contributed by atoms with Gasteiger partial charge in [-0.2, -0.15) is 0 Å². The summed E-state index contributed by atoms with van der Waals surface area (Å²) in [5.41, 5.74) is 1.14. The van der Waals surface area contributed by atoms with Crippen molar-refractivity contribution in [1.29, 1.82) is 0 Å². The molecule has 5 heteroatoms. The molecule has 0 aromatic carbocycles. The van der Waals surface area contributed by atoms with E-state index in [1.165, 1.54) is 4.88 Å². The third kappa shape index (κ3) is 1.86. The summed E-state index contributed by atoms with van der Waals surface area (Å²) in [6.07, 6.45) is 5.26. The van der Waals surface area contributed by atoms with Crippen LogP contribution < -0.4 is 5.32 Å². The number of fused-ring (bicyclic) bond motifs is 1. The molecule has 4 nitrogen and oxygen atoms in total. The molecule has 0 amide bonds. The van der Waals surface area contributed by atoms with Crippen LogP contribution in [0.1, 0.15) is 23.0 Å². The molecule has 0 spiro atoms. The monoisotopic (exact) mass is 237 g/mol. The number of thiazole rings is 1. The van der Waals surface area contributed by atoms with E-state index in [-0.39, 0.29) is 0 Å². The van der Waals surface area contributed by atoms with E-state index >= 15 is 0 Å². The van der Waals surface area contributed by atoms with Gasteiger partial charge in [-0.1, -0.05) is 0 Å². The maximum absolute atomic E-state index is 5.43. The lowest BCUT2D eigenvalue weighted by Crippen LogP contribution is -2.22. The van der Waals surface area contributed by atoms with Crippen molar-refractivity contribution >= 4 is 16.3 Å². The molecule has 1 saturated heterocycles. The molecule has 3 rings (SSSR count). The van der Waals surface area contributed by atoms with Crippen LogP contribution in [-0.2, 0) is 4.74 Å². The lowest BCUT2D eigenvalue weighted by molar-refractivity contribution is 0.150. The van der Waals surface area contributed by atoms with Gasteiger partial charge in [0.15, 0.2) is 4.96 Å². The highest BCUT2D eigenvalue weighted by atomic mass is 32.1. The first-order chi connectivity index (χ1) is 7.83. The number of nitrogens with one attached hydrogen (secondary N) is 1. The highest BCUT2D eigenvalue weighted by Crippen LogP contribution is 2.22. The van der Waals surface area contributed by atoms with E-state index in [0.29, 0.717) is 6.04 Å². The van der Waals surface area contributed by atoms with E-state index < -0.39 is 0 Å². The number of aryl methyl sites for hydroxylation is 1. The smallest absolute Gasteiger partial charge is 0.194 e. The summed E-state index contributed by atoms with van der Waals surface area (Å²) >= 11 is 1.73. The minimum absolute atomic E-state index is 0.343. The van der Waals surface area contributed by atoms with E-state index in [0.717, 1.165) is 36.8 Å². The Labute approximate surface area is 98.3 Å². The molecule has 1 fully saturated rings. The second-order valence-corrected chi connectivity index (χ2v) is 5.32. The maximum atomic E-state index is 5.43. The number of hydrogen-bond donors (Lipinski definition) is 1. The van der Waals surface area contributed by atoms with Gasteiger partial charge in [0.05, 0.1) is 18.3 Å². The molecule has 1 atom stereocenters. The molecule has 2 aromatic heterocycles. The largest absolute Gasteiger partial charge is 0.380 e. The number of ether oxygens (including phenoxy) is 1. The van der Waals surface area contributed by atoms with Gasteiger partial charge < -0.3 is 10.1 Å². The summed E-state index contributed by atoms with van der Waals surface area (Å²) < 4.78 is 7.54. The molecule has 1 aliphatic heterocycles. The predicted octanol–water partition coefficient (Wildman–Crippen LogP) is 1.76. The number of rotatable bonds is 1. The summed E-state index contributed by atoms with van der Waals surface area (Å²) in [6, 6.07) is 0.343. The molecule has 0 radical (unpaired) electrons. The Balaban J connectivity index is 1.89. The first-order valence-electron chi connectivity index (χ1n) is 5.59. The lowest BCUT2D eigenvalue weighted by Gasteiger charge is -2.11. The van der Waals surface area contributed by atoms with Crippen LogP contribution >= 0.6 is 11.3 Å². The van der Waals surface area contributed by atoms with Gasteiger partial charge in [0.1, 0.15) is 0 Å². The van der Waals surface area contributed by atoms with E-state index in [1.54, 1.807) is 11.3 Å². The van der Waals surface area contributed by atoms with E-state index in [4.69, 9.17) is 4.74 Å². The van der Waals surface area contributed by atoms with Gasteiger partial charge in [-0.3, -0.25) is 4.40 Å². The molecular formula is C11H15N3OS. The molecule has 0 saturated carbocycles. The van der Waals surface area contributed by atoms with Crippen molar-refractivity contribution in [1.82, 2.24) is 14.7 Å². The topological polar surface area (TPSA) is 38.6 Å². The molecule has 86 valence electrons. The zero-order chi connectivity index (χ0) is 11.0. The fourth-order valence-electron chi connectivity index (χ4n) is 2.06. The summed E-state index contributed by atoms with van der Waals surface area (Å²) in [7, 11) is 0.